The maximum Gasteiger partial charge on any atom is 0.161 e. The third-order valence-corrected chi connectivity index (χ3v) is 3.16. The predicted octanol–water partition coefficient (Wildman–Crippen LogP) is 1.23. The summed E-state index contributed by atoms with van der Waals surface area (Å²) in [5.41, 5.74) is 3.83. The number of rotatable bonds is 8. The van der Waals surface area contributed by atoms with Gasteiger partial charge >= 0.3 is 0 Å². The number of ether oxygens (including phenoxy) is 2. The standard InChI is InChI=1S/C12H24N4O2/c1-5-16-12(11(18-4)8-14-16)10(15-13)7-6-9(2)17-3/h8-10,15H,5-7,13H2,1-4H3. The van der Waals surface area contributed by atoms with Gasteiger partial charge in [-0.05, 0) is 26.7 Å². The van der Waals surface area contributed by atoms with Crippen molar-refractivity contribution in [3.8, 4) is 5.75 Å². The zero-order chi connectivity index (χ0) is 13.5. The summed E-state index contributed by atoms with van der Waals surface area (Å²) in [6, 6.07) is 0.0139. The lowest BCUT2D eigenvalue weighted by atomic mass is 10.1. The maximum atomic E-state index is 5.65. The van der Waals surface area contributed by atoms with Crippen LogP contribution in [0.4, 0.5) is 0 Å². The molecule has 1 aromatic rings. The normalized spacial score (nSPS) is 14.5. The molecule has 2 atom stereocenters. The summed E-state index contributed by atoms with van der Waals surface area (Å²) in [5.74, 6) is 6.42. The number of nitrogens with zero attached hydrogens (tertiary/aromatic N) is 2. The van der Waals surface area contributed by atoms with Gasteiger partial charge in [-0.2, -0.15) is 5.10 Å². The SMILES string of the molecule is CCn1ncc(OC)c1C(CCC(C)OC)NN. The second-order valence-electron chi connectivity index (χ2n) is 4.26. The molecule has 0 aliphatic heterocycles. The van der Waals surface area contributed by atoms with Gasteiger partial charge in [0, 0.05) is 13.7 Å². The predicted molar refractivity (Wildman–Crippen MR) is 70.2 cm³/mol. The number of hydrazine groups is 1. The van der Waals surface area contributed by atoms with Gasteiger partial charge in [-0.1, -0.05) is 0 Å². The van der Waals surface area contributed by atoms with E-state index in [4.69, 9.17) is 15.3 Å². The highest BCUT2D eigenvalue weighted by Gasteiger charge is 2.21. The highest BCUT2D eigenvalue weighted by atomic mass is 16.5. The van der Waals surface area contributed by atoms with Crippen LogP contribution in [0.15, 0.2) is 6.20 Å². The zero-order valence-electron chi connectivity index (χ0n) is 11.6. The van der Waals surface area contributed by atoms with Crippen LogP contribution < -0.4 is 16.0 Å². The Bertz CT molecular complexity index is 332. The Morgan fingerprint density at radius 3 is 2.67 bits per heavy atom. The van der Waals surface area contributed by atoms with Crippen LogP contribution in [0.25, 0.3) is 0 Å². The van der Waals surface area contributed by atoms with Gasteiger partial charge < -0.3 is 9.47 Å². The van der Waals surface area contributed by atoms with Crippen molar-refractivity contribution in [1.82, 2.24) is 15.2 Å². The summed E-state index contributed by atoms with van der Waals surface area (Å²) < 4.78 is 12.5. The largest absolute Gasteiger partial charge is 0.493 e. The Morgan fingerprint density at radius 2 is 2.17 bits per heavy atom. The van der Waals surface area contributed by atoms with Crippen molar-refractivity contribution in [2.45, 2.75) is 45.4 Å². The highest BCUT2D eigenvalue weighted by molar-refractivity contribution is 5.28. The summed E-state index contributed by atoms with van der Waals surface area (Å²) in [7, 11) is 3.36. The van der Waals surface area contributed by atoms with Crippen LogP contribution in [0, 0.1) is 0 Å². The first kappa shape index (κ1) is 14.9. The van der Waals surface area contributed by atoms with Gasteiger partial charge in [0.15, 0.2) is 5.75 Å². The molecule has 6 heteroatoms. The fourth-order valence-electron chi connectivity index (χ4n) is 1.96. The van der Waals surface area contributed by atoms with E-state index < -0.39 is 0 Å². The van der Waals surface area contributed by atoms with Crippen molar-refractivity contribution in [3.63, 3.8) is 0 Å². The average molecular weight is 256 g/mol. The summed E-state index contributed by atoms with van der Waals surface area (Å²) in [4.78, 5) is 0. The van der Waals surface area contributed by atoms with Gasteiger partial charge in [0.2, 0.25) is 0 Å². The van der Waals surface area contributed by atoms with Crippen LogP contribution in [0.1, 0.15) is 38.4 Å². The quantitative estimate of drug-likeness (QED) is 0.540. The minimum Gasteiger partial charge on any atom is -0.493 e. The van der Waals surface area contributed by atoms with Crippen LogP contribution >= 0.6 is 0 Å². The number of nitrogens with one attached hydrogen (secondary N) is 1. The number of aryl methyl sites for hydroxylation is 1. The number of aromatic nitrogens is 2. The van der Waals surface area contributed by atoms with E-state index in [-0.39, 0.29) is 12.1 Å². The number of nitrogens with two attached hydrogens (primary N) is 1. The monoisotopic (exact) mass is 256 g/mol. The van der Waals surface area contributed by atoms with Crippen molar-refractivity contribution in [2.75, 3.05) is 14.2 Å². The number of hydrogen-bond donors (Lipinski definition) is 2. The lowest BCUT2D eigenvalue weighted by Crippen LogP contribution is -2.31. The molecule has 2 unspecified atom stereocenters. The van der Waals surface area contributed by atoms with Crippen LogP contribution in [0.5, 0.6) is 5.75 Å². The highest BCUT2D eigenvalue weighted by Crippen LogP contribution is 2.28. The van der Waals surface area contributed by atoms with Crippen molar-refractivity contribution >= 4 is 0 Å². The van der Waals surface area contributed by atoms with Crippen LogP contribution in [0.3, 0.4) is 0 Å². The first-order valence-corrected chi connectivity index (χ1v) is 6.26. The van der Waals surface area contributed by atoms with Gasteiger partial charge in [-0.15, -0.1) is 0 Å². The Morgan fingerprint density at radius 1 is 1.44 bits per heavy atom. The molecule has 3 N–H and O–H groups in total. The fraction of sp³-hybridized carbons (Fsp3) is 0.750. The molecular weight excluding hydrogens is 232 g/mol. The van der Waals surface area contributed by atoms with Crippen molar-refractivity contribution in [3.05, 3.63) is 11.9 Å². The van der Waals surface area contributed by atoms with Gasteiger partial charge in [0.05, 0.1) is 31.1 Å². The minimum absolute atomic E-state index is 0.0139. The molecular formula is C12H24N4O2. The van der Waals surface area contributed by atoms with Crippen molar-refractivity contribution in [1.29, 1.82) is 0 Å². The molecule has 0 spiro atoms. The van der Waals surface area contributed by atoms with E-state index >= 15 is 0 Å². The molecule has 0 saturated heterocycles. The van der Waals surface area contributed by atoms with Gasteiger partial charge in [0.25, 0.3) is 0 Å². The van der Waals surface area contributed by atoms with Gasteiger partial charge in [0.1, 0.15) is 0 Å². The molecule has 1 aromatic heterocycles. The number of methoxy groups -OCH3 is 2. The zero-order valence-corrected chi connectivity index (χ0v) is 11.6. The second kappa shape index (κ2) is 7.35. The average Bonchev–Trinajstić information content (AvgIpc) is 2.82. The van der Waals surface area contributed by atoms with Crippen LogP contribution in [-0.2, 0) is 11.3 Å². The number of hydrogen-bond acceptors (Lipinski definition) is 5. The minimum atomic E-state index is 0.0139. The summed E-state index contributed by atoms with van der Waals surface area (Å²) >= 11 is 0. The van der Waals surface area contributed by atoms with E-state index in [2.05, 4.69) is 10.5 Å². The van der Waals surface area contributed by atoms with E-state index in [9.17, 15) is 0 Å². The second-order valence-corrected chi connectivity index (χ2v) is 4.26. The van der Waals surface area contributed by atoms with Crippen molar-refractivity contribution in [2.24, 2.45) is 5.84 Å². The lowest BCUT2D eigenvalue weighted by molar-refractivity contribution is 0.105. The first-order chi connectivity index (χ1) is 8.67. The molecule has 0 radical (unpaired) electrons. The van der Waals surface area contributed by atoms with E-state index in [0.29, 0.717) is 0 Å². The Labute approximate surface area is 108 Å². The maximum absolute atomic E-state index is 5.65. The molecule has 0 saturated carbocycles. The van der Waals surface area contributed by atoms with Gasteiger partial charge in [-0.3, -0.25) is 16.0 Å². The fourth-order valence-corrected chi connectivity index (χ4v) is 1.96. The van der Waals surface area contributed by atoms with E-state index in [1.165, 1.54) is 0 Å². The van der Waals surface area contributed by atoms with E-state index in [1.807, 2.05) is 18.5 Å². The Balaban J connectivity index is 2.83. The molecule has 18 heavy (non-hydrogen) atoms. The topological polar surface area (TPSA) is 74.3 Å². The molecule has 0 bridgehead atoms. The van der Waals surface area contributed by atoms with E-state index in [0.717, 1.165) is 30.8 Å². The third-order valence-electron chi connectivity index (χ3n) is 3.16. The van der Waals surface area contributed by atoms with Gasteiger partial charge in [-0.25, -0.2) is 0 Å². The molecule has 1 rings (SSSR count). The molecule has 6 nitrogen and oxygen atoms in total. The molecule has 0 aliphatic carbocycles. The van der Waals surface area contributed by atoms with Crippen LogP contribution in [0.2, 0.25) is 0 Å². The lowest BCUT2D eigenvalue weighted by Gasteiger charge is -2.20. The first-order valence-electron chi connectivity index (χ1n) is 6.26. The summed E-state index contributed by atoms with van der Waals surface area (Å²) in [5, 5.41) is 4.29. The molecule has 0 amide bonds. The third kappa shape index (κ3) is 3.44. The summed E-state index contributed by atoms with van der Waals surface area (Å²) in [6.07, 6.45) is 3.73. The summed E-state index contributed by atoms with van der Waals surface area (Å²) in [6.45, 7) is 4.87. The molecule has 0 aromatic carbocycles. The van der Waals surface area contributed by atoms with Crippen LogP contribution in [-0.4, -0.2) is 30.1 Å². The molecule has 0 aliphatic rings. The smallest absolute Gasteiger partial charge is 0.161 e. The Hall–Kier alpha value is -1.11. The molecule has 0 fully saturated rings. The molecule has 1 heterocycles. The Kier molecular flexibility index (Phi) is 6.11. The van der Waals surface area contributed by atoms with E-state index in [1.54, 1.807) is 20.4 Å². The molecule has 104 valence electrons. The van der Waals surface area contributed by atoms with Crippen molar-refractivity contribution < 1.29 is 9.47 Å².